The average Bonchev–Trinajstić information content (AvgIpc) is 2.62. The van der Waals surface area contributed by atoms with Crippen molar-refractivity contribution in [3.05, 3.63) is 36.5 Å². The molecule has 0 bridgehead atoms. The van der Waals surface area contributed by atoms with Gasteiger partial charge in [-0.15, -0.1) is 0 Å². The number of allylic oxidation sites excluding steroid dienone is 4. The fourth-order valence-electron chi connectivity index (χ4n) is 2.09. The van der Waals surface area contributed by atoms with Crippen LogP contribution in [-0.2, 0) is 4.79 Å². The van der Waals surface area contributed by atoms with Gasteiger partial charge in [-0.25, -0.2) is 0 Å². The van der Waals surface area contributed by atoms with Crippen LogP contribution in [0.2, 0.25) is 0 Å². The zero-order chi connectivity index (χ0) is 20.7. The molecule has 0 aromatic rings. The highest BCUT2D eigenvalue weighted by Crippen LogP contribution is 2.09. The summed E-state index contributed by atoms with van der Waals surface area (Å²) in [7, 11) is -1.66. The molecule has 27 heavy (non-hydrogen) atoms. The Bertz CT molecular complexity index is 597. The van der Waals surface area contributed by atoms with E-state index in [0.29, 0.717) is 18.8 Å². The number of aliphatic hydroxyl groups is 1. The zero-order valence-corrected chi connectivity index (χ0v) is 15.9. The summed E-state index contributed by atoms with van der Waals surface area (Å²) in [5.41, 5.74) is 1.21. The summed E-state index contributed by atoms with van der Waals surface area (Å²) < 4.78 is 0. The van der Waals surface area contributed by atoms with E-state index in [9.17, 15) is 9.90 Å². The van der Waals surface area contributed by atoms with Crippen LogP contribution in [0.1, 0.15) is 20.3 Å². The highest BCUT2D eigenvalue weighted by molar-refractivity contribution is 6.41. The van der Waals surface area contributed by atoms with Crippen LogP contribution < -0.4 is 16.0 Å². The molecule has 0 rings (SSSR count). The van der Waals surface area contributed by atoms with Crippen LogP contribution in [-0.4, -0.2) is 65.7 Å². The number of nitrogens with zero attached hydrogens (tertiary/aromatic N) is 1. The SMILES string of the molecule is C#CNCCN=C(C)C(O)NC(CC(/C=C\C)=C/C=C)C(=O)NCB(O)O. The number of amides is 1. The van der Waals surface area contributed by atoms with E-state index in [4.69, 9.17) is 16.5 Å². The summed E-state index contributed by atoms with van der Waals surface area (Å²) in [6.07, 6.45) is 10.9. The lowest BCUT2D eigenvalue weighted by Crippen LogP contribution is -2.52. The second kappa shape index (κ2) is 14.8. The van der Waals surface area contributed by atoms with E-state index < -0.39 is 25.3 Å². The maximum absolute atomic E-state index is 12.4. The second-order valence-corrected chi connectivity index (χ2v) is 5.62. The topological polar surface area (TPSA) is 126 Å². The van der Waals surface area contributed by atoms with Gasteiger partial charge in [0.1, 0.15) is 6.23 Å². The minimum atomic E-state index is -1.66. The van der Waals surface area contributed by atoms with E-state index in [1.165, 1.54) is 0 Å². The third-order valence-corrected chi connectivity index (χ3v) is 3.38. The van der Waals surface area contributed by atoms with E-state index in [1.807, 2.05) is 19.1 Å². The first-order chi connectivity index (χ1) is 12.8. The Morgan fingerprint density at radius 2 is 2.15 bits per heavy atom. The number of rotatable bonds is 13. The number of hydrogen-bond acceptors (Lipinski definition) is 7. The van der Waals surface area contributed by atoms with Crippen LogP contribution in [0.25, 0.3) is 0 Å². The molecule has 2 unspecified atom stereocenters. The van der Waals surface area contributed by atoms with E-state index in [1.54, 1.807) is 19.1 Å². The molecule has 0 saturated carbocycles. The highest BCUT2D eigenvalue weighted by atomic mass is 16.4. The van der Waals surface area contributed by atoms with Gasteiger partial charge in [0, 0.05) is 12.6 Å². The number of terminal acetylenes is 1. The maximum Gasteiger partial charge on any atom is 0.472 e. The highest BCUT2D eigenvalue weighted by Gasteiger charge is 2.24. The molecule has 0 aromatic heterocycles. The number of aliphatic imine (C=N–C) groups is 1. The van der Waals surface area contributed by atoms with E-state index in [2.05, 4.69) is 33.6 Å². The fourth-order valence-corrected chi connectivity index (χ4v) is 2.09. The molecule has 0 radical (unpaired) electrons. The Kier molecular flexibility index (Phi) is 13.5. The molecule has 8 nitrogen and oxygen atoms in total. The van der Waals surface area contributed by atoms with Crippen molar-refractivity contribution in [2.24, 2.45) is 4.99 Å². The molecule has 0 aliphatic heterocycles. The van der Waals surface area contributed by atoms with Gasteiger partial charge < -0.3 is 25.8 Å². The summed E-state index contributed by atoms with van der Waals surface area (Å²) in [6, 6.07) is 1.45. The number of aliphatic hydroxyl groups excluding tert-OH is 1. The number of hydrogen-bond donors (Lipinski definition) is 6. The smallest absolute Gasteiger partial charge is 0.426 e. The molecule has 0 aliphatic rings. The van der Waals surface area contributed by atoms with Crippen LogP contribution >= 0.6 is 0 Å². The van der Waals surface area contributed by atoms with Crippen LogP contribution in [0.3, 0.4) is 0 Å². The van der Waals surface area contributed by atoms with Gasteiger partial charge in [0.05, 0.1) is 24.7 Å². The molecule has 0 spiro atoms. The summed E-state index contributed by atoms with van der Waals surface area (Å²) in [6.45, 7) is 7.96. The summed E-state index contributed by atoms with van der Waals surface area (Å²) in [5, 5.41) is 36.1. The van der Waals surface area contributed by atoms with E-state index >= 15 is 0 Å². The van der Waals surface area contributed by atoms with Crippen LogP contribution in [0.4, 0.5) is 0 Å². The molecule has 6 N–H and O–H groups in total. The van der Waals surface area contributed by atoms with Gasteiger partial charge in [-0.1, -0.05) is 37.3 Å². The monoisotopic (exact) mass is 376 g/mol. The molecule has 148 valence electrons. The first-order valence-corrected chi connectivity index (χ1v) is 8.57. The van der Waals surface area contributed by atoms with Crippen LogP contribution in [0, 0.1) is 12.5 Å². The third-order valence-electron chi connectivity index (χ3n) is 3.38. The Morgan fingerprint density at radius 1 is 1.44 bits per heavy atom. The third kappa shape index (κ3) is 11.8. The maximum atomic E-state index is 12.4. The fraction of sp³-hybridized carbons (Fsp3) is 0.444. The number of nitrogens with one attached hydrogen (secondary N) is 3. The van der Waals surface area contributed by atoms with Crippen molar-refractivity contribution in [1.82, 2.24) is 16.0 Å². The van der Waals surface area contributed by atoms with Crippen molar-refractivity contribution < 1.29 is 19.9 Å². The Balaban J connectivity index is 5.16. The molecule has 0 aromatic carbocycles. The second-order valence-electron chi connectivity index (χ2n) is 5.62. The summed E-state index contributed by atoms with van der Waals surface area (Å²) >= 11 is 0. The largest absolute Gasteiger partial charge is 0.472 e. The normalized spacial score (nSPS) is 14.4. The van der Waals surface area contributed by atoms with Crippen molar-refractivity contribution in [3.63, 3.8) is 0 Å². The lowest BCUT2D eigenvalue weighted by molar-refractivity contribution is -0.123. The van der Waals surface area contributed by atoms with Crippen molar-refractivity contribution >= 4 is 18.7 Å². The van der Waals surface area contributed by atoms with Gasteiger partial charge in [-0.3, -0.25) is 15.1 Å². The van der Waals surface area contributed by atoms with Crippen molar-refractivity contribution in [3.8, 4) is 12.5 Å². The minimum absolute atomic E-state index is 0.257. The minimum Gasteiger partial charge on any atom is -0.426 e. The lowest BCUT2D eigenvalue weighted by Gasteiger charge is -2.22. The quantitative estimate of drug-likeness (QED) is 0.0471. The number of carbonyl (C=O) groups excluding carboxylic acids is 1. The molecule has 1 amide bonds. The lowest BCUT2D eigenvalue weighted by atomic mass is 9.92. The first kappa shape index (κ1) is 24.6. The molecule has 9 heteroatoms. The Morgan fingerprint density at radius 3 is 2.70 bits per heavy atom. The average molecular weight is 376 g/mol. The first-order valence-electron chi connectivity index (χ1n) is 8.57. The van der Waals surface area contributed by atoms with Crippen molar-refractivity contribution in [2.75, 3.05) is 19.5 Å². The van der Waals surface area contributed by atoms with Gasteiger partial charge in [0.15, 0.2) is 0 Å². The Hall–Kier alpha value is -2.38. The Labute approximate surface area is 161 Å². The van der Waals surface area contributed by atoms with Gasteiger partial charge in [0.25, 0.3) is 0 Å². The van der Waals surface area contributed by atoms with E-state index in [-0.39, 0.29) is 12.9 Å². The molecular weight excluding hydrogens is 347 g/mol. The van der Waals surface area contributed by atoms with Gasteiger partial charge in [-0.05, 0) is 25.8 Å². The summed E-state index contributed by atoms with van der Waals surface area (Å²) in [4.78, 5) is 16.6. The van der Waals surface area contributed by atoms with Gasteiger partial charge in [0.2, 0.25) is 5.91 Å². The molecule has 2 atom stereocenters. The number of carbonyl (C=O) groups is 1. The van der Waals surface area contributed by atoms with Gasteiger partial charge >= 0.3 is 7.12 Å². The van der Waals surface area contributed by atoms with Crippen LogP contribution in [0.15, 0.2) is 41.4 Å². The predicted molar refractivity (Wildman–Crippen MR) is 109 cm³/mol. The van der Waals surface area contributed by atoms with Gasteiger partial charge in [-0.2, -0.15) is 0 Å². The van der Waals surface area contributed by atoms with Crippen molar-refractivity contribution in [1.29, 1.82) is 0 Å². The van der Waals surface area contributed by atoms with Crippen LogP contribution in [0.5, 0.6) is 0 Å². The van der Waals surface area contributed by atoms with E-state index in [0.717, 1.165) is 5.57 Å². The molecule has 0 saturated heterocycles. The molecule has 0 aliphatic carbocycles. The predicted octanol–water partition coefficient (Wildman–Crippen LogP) is -0.889. The summed E-state index contributed by atoms with van der Waals surface area (Å²) in [5.74, 6) is -0.483. The standard InChI is InChI=1S/C18H29BN4O4/c1-5-8-15(9-6-2)12-16(18(25)22-13-19(26)27)23-17(24)14(4)21-11-10-20-7-3/h3,5-6,8-9,16-17,20,23-24,26-27H,1,10-13H2,2,4H3,(H,22,25)/b9-6-,15-8+,21-14?. The molecular formula is C18H29BN4O4. The molecule has 0 fully saturated rings. The van der Waals surface area contributed by atoms with Crippen molar-refractivity contribution in [2.45, 2.75) is 32.5 Å². The molecule has 0 heterocycles. The zero-order valence-electron chi connectivity index (χ0n) is 15.9.